The molecular formula is C15H17ClN2O5. The van der Waals surface area contributed by atoms with Crippen LogP contribution in [0.3, 0.4) is 0 Å². The first kappa shape index (κ1) is 17.2. The van der Waals surface area contributed by atoms with Crippen LogP contribution in [0.2, 0.25) is 5.02 Å². The Hall–Kier alpha value is -2.15. The van der Waals surface area contributed by atoms with Crippen LogP contribution in [0.1, 0.15) is 30.6 Å². The van der Waals surface area contributed by atoms with E-state index in [-0.39, 0.29) is 35.3 Å². The summed E-state index contributed by atoms with van der Waals surface area (Å²) in [6, 6.07) is 3.83. The molecule has 0 aromatic heterocycles. The molecule has 0 spiro atoms. The summed E-state index contributed by atoms with van der Waals surface area (Å²) in [5.74, 6) is -1.65. The van der Waals surface area contributed by atoms with E-state index in [4.69, 9.17) is 11.6 Å². The molecule has 7 nitrogen and oxygen atoms in total. The Bertz CT molecular complexity index is 676. The van der Waals surface area contributed by atoms with Crippen molar-refractivity contribution in [1.29, 1.82) is 0 Å². The molecular weight excluding hydrogens is 324 g/mol. The monoisotopic (exact) mass is 340 g/mol. The summed E-state index contributed by atoms with van der Waals surface area (Å²) in [4.78, 5) is 36.0. The Balaban J connectivity index is 2.33. The van der Waals surface area contributed by atoms with Crippen LogP contribution in [-0.4, -0.2) is 39.9 Å². The summed E-state index contributed by atoms with van der Waals surface area (Å²) >= 11 is 5.75. The van der Waals surface area contributed by atoms with Crippen molar-refractivity contribution in [3.05, 3.63) is 38.9 Å². The van der Waals surface area contributed by atoms with E-state index >= 15 is 0 Å². The molecule has 8 heteroatoms. The largest absolute Gasteiger partial charge is 0.481 e. The van der Waals surface area contributed by atoms with Crippen LogP contribution in [0.15, 0.2) is 18.2 Å². The van der Waals surface area contributed by atoms with Crippen molar-refractivity contribution in [3.8, 4) is 0 Å². The molecule has 0 radical (unpaired) electrons. The number of nitro groups is 1. The minimum absolute atomic E-state index is 0.0403. The van der Waals surface area contributed by atoms with Gasteiger partial charge in [0.05, 0.1) is 10.3 Å². The molecule has 0 saturated carbocycles. The van der Waals surface area contributed by atoms with Gasteiger partial charge in [-0.15, -0.1) is 0 Å². The second-order valence-corrected chi connectivity index (χ2v) is 6.45. The number of carboxylic acids is 1. The predicted molar refractivity (Wildman–Crippen MR) is 83.5 cm³/mol. The van der Waals surface area contributed by atoms with Gasteiger partial charge in [0.1, 0.15) is 5.56 Å². The fourth-order valence-electron chi connectivity index (χ4n) is 2.91. The molecule has 0 bridgehead atoms. The molecule has 23 heavy (non-hydrogen) atoms. The van der Waals surface area contributed by atoms with Crippen molar-refractivity contribution in [2.24, 2.45) is 11.3 Å². The maximum absolute atomic E-state index is 12.6. The lowest BCUT2D eigenvalue weighted by molar-refractivity contribution is -0.385. The van der Waals surface area contributed by atoms with E-state index in [2.05, 4.69) is 0 Å². The minimum Gasteiger partial charge on any atom is -0.481 e. The van der Waals surface area contributed by atoms with Crippen LogP contribution in [-0.2, 0) is 4.79 Å². The van der Waals surface area contributed by atoms with Crippen molar-refractivity contribution < 1.29 is 19.6 Å². The zero-order chi connectivity index (χ0) is 17.4. The number of halogens is 1. The van der Waals surface area contributed by atoms with Gasteiger partial charge in [-0.1, -0.05) is 25.4 Å². The van der Waals surface area contributed by atoms with Crippen molar-refractivity contribution in [2.45, 2.75) is 20.3 Å². The fraction of sp³-hybridized carbons (Fsp3) is 0.467. The van der Waals surface area contributed by atoms with Gasteiger partial charge in [-0.3, -0.25) is 19.7 Å². The number of hydrogen-bond donors (Lipinski definition) is 1. The second-order valence-electron chi connectivity index (χ2n) is 6.01. The molecule has 1 aliphatic rings. The number of carbonyl (C=O) groups excluding carboxylic acids is 1. The van der Waals surface area contributed by atoms with Gasteiger partial charge in [-0.2, -0.15) is 0 Å². The van der Waals surface area contributed by atoms with Crippen molar-refractivity contribution >= 4 is 29.2 Å². The van der Waals surface area contributed by atoms with Crippen molar-refractivity contribution in [3.63, 3.8) is 0 Å². The van der Waals surface area contributed by atoms with Gasteiger partial charge in [0.2, 0.25) is 0 Å². The summed E-state index contributed by atoms with van der Waals surface area (Å²) in [5, 5.41) is 20.8. The number of rotatable bonds is 4. The van der Waals surface area contributed by atoms with Gasteiger partial charge >= 0.3 is 5.97 Å². The van der Waals surface area contributed by atoms with Crippen LogP contribution in [0.25, 0.3) is 0 Å². The first-order chi connectivity index (χ1) is 10.7. The van der Waals surface area contributed by atoms with Gasteiger partial charge in [0.15, 0.2) is 0 Å². The van der Waals surface area contributed by atoms with E-state index in [0.717, 1.165) is 6.07 Å². The topological polar surface area (TPSA) is 101 Å². The third-order valence-corrected chi connectivity index (χ3v) is 4.74. The highest BCUT2D eigenvalue weighted by Crippen LogP contribution is 2.39. The SMILES string of the molecule is CC(C)C1(C(=O)O)CCN(C(=O)c2ccc(Cl)cc2[N+](=O)[O-])C1. The molecule has 0 aliphatic carbocycles. The number of carbonyl (C=O) groups is 2. The van der Waals surface area contributed by atoms with Crippen molar-refractivity contribution in [1.82, 2.24) is 4.90 Å². The molecule has 1 amide bonds. The number of likely N-dealkylation sites (tertiary alicyclic amines) is 1. The second kappa shape index (κ2) is 6.16. The van der Waals surface area contributed by atoms with E-state index in [1.807, 2.05) is 0 Å². The van der Waals surface area contributed by atoms with E-state index in [0.29, 0.717) is 6.42 Å². The molecule has 1 heterocycles. The maximum atomic E-state index is 12.6. The Labute approximate surface area is 138 Å². The van der Waals surface area contributed by atoms with Crippen LogP contribution in [0.5, 0.6) is 0 Å². The Morgan fingerprint density at radius 2 is 2.09 bits per heavy atom. The Morgan fingerprint density at radius 1 is 1.43 bits per heavy atom. The lowest BCUT2D eigenvalue weighted by Crippen LogP contribution is -2.40. The zero-order valence-corrected chi connectivity index (χ0v) is 13.5. The quantitative estimate of drug-likeness (QED) is 0.670. The molecule has 1 aromatic carbocycles. The van der Waals surface area contributed by atoms with Crippen molar-refractivity contribution in [2.75, 3.05) is 13.1 Å². The molecule has 1 saturated heterocycles. The Kier molecular flexibility index (Phi) is 4.61. The van der Waals surface area contributed by atoms with Gasteiger partial charge in [-0.25, -0.2) is 0 Å². The number of aliphatic carboxylic acids is 1. The summed E-state index contributed by atoms with van der Waals surface area (Å²) in [5.41, 5.74) is -1.47. The first-order valence-electron chi connectivity index (χ1n) is 7.15. The molecule has 1 atom stereocenters. The van der Waals surface area contributed by atoms with Crippen LogP contribution >= 0.6 is 11.6 Å². The summed E-state index contributed by atoms with van der Waals surface area (Å²) in [6.45, 7) is 3.89. The van der Waals surface area contributed by atoms with Gasteiger partial charge in [0, 0.05) is 24.2 Å². The minimum atomic E-state index is -1.02. The number of hydrogen-bond acceptors (Lipinski definition) is 4. The third kappa shape index (κ3) is 3.01. The average molecular weight is 341 g/mol. The summed E-state index contributed by atoms with van der Waals surface area (Å²) < 4.78 is 0. The van der Waals surface area contributed by atoms with E-state index in [9.17, 15) is 24.8 Å². The number of nitrogens with zero attached hydrogens (tertiary/aromatic N) is 2. The summed E-state index contributed by atoms with van der Waals surface area (Å²) in [7, 11) is 0. The highest BCUT2D eigenvalue weighted by atomic mass is 35.5. The van der Waals surface area contributed by atoms with E-state index < -0.39 is 22.2 Å². The molecule has 1 unspecified atom stereocenters. The lowest BCUT2D eigenvalue weighted by Gasteiger charge is -2.28. The highest BCUT2D eigenvalue weighted by Gasteiger charge is 2.49. The molecule has 1 aromatic rings. The van der Waals surface area contributed by atoms with Gasteiger partial charge in [-0.05, 0) is 24.5 Å². The fourth-order valence-corrected chi connectivity index (χ4v) is 3.07. The zero-order valence-electron chi connectivity index (χ0n) is 12.8. The molecule has 1 N–H and O–H groups in total. The molecule has 124 valence electrons. The maximum Gasteiger partial charge on any atom is 0.311 e. The van der Waals surface area contributed by atoms with Crippen LogP contribution in [0.4, 0.5) is 5.69 Å². The number of nitro benzene ring substituents is 1. The van der Waals surface area contributed by atoms with Gasteiger partial charge in [0.25, 0.3) is 11.6 Å². The number of carboxylic acid groups (broad SMARTS) is 1. The lowest BCUT2D eigenvalue weighted by atomic mass is 9.76. The molecule has 1 fully saturated rings. The third-order valence-electron chi connectivity index (χ3n) is 4.51. The Morgan fingerprint density at radius 3 is 2.57 bits per heavy atom. The number of benzene rings is 1. The smallest absolute Gasteiger partial charge is 0.311 e. The number of amides is 1. The predicted octanol–water partition coefficient (Wildman–Crippen LogP) is 2.82. The summed E-state index contributed by atoms with van der Waals surface area (Å²) in [6.07, 6.45) is 0.327. The van der Waals surface area contributed by atoms with Crippen LogP contribution in [0, 0.1) is 21.4 Å². The van der Waals surface area contributed by atoms with E-state index in [1.54, 1.807) is 13.8 Å². The molecule has 1 aliphatic heterocycles. The van der Waals surface area contributed by atoms with Crippen LogP contribution < -0.4 is 0 Å². The first-order valence-corrected chi connectivity index (χ1v) is 7.53. The highest BCUT2D eigenvalue weighted by molar-refractivity contribution is 6.31. The van der Waals surface area contributed by atoms with Gasteiger partial charge < -0.3 is 10.0 Å². The normalized spacial score (nSPS) is 20.8. The average Bonchev–Trinajstić information content (AvgIpc) is 2.93. The molecule has 2 rings (SSSR count). The standard InChI is InChI=1S/C15H17ClN2O5/c1-9(2)15(14(20)21)5-6-17(8-15)13(19)11-4-3-10(16)7-12(11)18(22)23/h3-4,7,9H,5-6,8H2,1-2H3,(H,20,21). The van der Waals surface area contributed by atoms with E-state index in [1.165, 1.54) is 17.0 Å².